The first-order chi connectivity index (χ1) is 9.79. The summed E-state index contributed by atoms with van der Waals surface area (Å²) < 4.78 is 29.0. The standard InChI is InChI=1S/C13H23N5O2S/c1-3-10-4-6-13(7-5-10,12(14)15)17-21(19,20)11-8-16-18(2)9-11/h8-10,17H,3-7H2,1-2H3,(H3,14,15). The molecule has 1 fully saturated rings. The van der Waals surface area contributed by atoms with Crippen LogP contribution in [0, 0.1) is 11.3 Å². The lowest BCUT2D eigenvalue weighted by atomic mass is 9.75. The van der Waals surface area contributed by atoms with Crippen molar-refractivity contribution in [1.82, 2.24) is 14.5 Å². The van der Waals surface area contributed by atoms with Gasteiger partial charge in [-0.05, 0) is 31.6 Å². The van der Waals surface area contributed by atoms with Crippen molar-refractivity contribution in [2.45, 2.75) is 49.5 Å². The number of nitrogens with one attached hydrogen (secondary N) is 2. The Hall–Kier alpha value is -1.41. The largest absolute Gasteiger partial charge is 0.386 e. The minimum Gasteiger partial charge on any atom is -0.386 e. The van der Waals surface area contributed by atoms with E-state index in [-0.39, 0.29) is 10.7 Å². The van der Waals surface area contributed by atoms with Crippen LogP contribution < -0.4 is 10.5 Å². The topological polar surface area (TPSA) is 114 Å². The second-order valence-corrected chi connectivity index (χ2v) is 7.49. The molecule has 0 saturated heterocycles. The Labute approximate surface area is 125 Å². The Morgan fingerprint density at radius 3 is 2.62 bits per heavy atom. The summed E-state index contributed by atoms with van der Waals surface area (Å²) in [4.78, 5) is 0.100. The Bertz CT molecular complexity index is 614. The summed E-state index contributed by atoms with van der Waals surface area (Å²) in [5, 5.41) is 11.7. The van der Waals surface area contributed by atoms with Crippen LogP contribution in [0.3, 0.4) is 0 Å². The quantitative estimate of drug-likeness (QED) is 0.555. The minimum atomic E-state index is -3.72. The predicted octanol–water partition coefficient (Wildman–Crippen LogP) is 0.973. The monoisotopic (exact) mass is 313 g/mol. The molecule has 1 aromatic heterocycles. The number of sulfonamides is 1. The Balaban J connectivity index is 2.23. The molecule has 4 N–H and O–H groups in total. The molecule has 1 heterocycles. The lowest BCUT2D eigenvalue weighted by Crippen LogP contribution is -2.58. The van der Waals surface area contributed by atoms with E-state index in [4.69, 9.17) is 11.1 Å². The van der Waals surface area contributed by atoms with Crippen LogP contribution in [0.25, 0.3) is 0 Å². The van der Waals surface area contributed by atoms with Crippen LogP contribution >= 0.6 is 0 Å². The number of hydrogen-bond acceptors (Lipinski definition) is 4. The van der Waals surface area contributed by atoms with Crippen molar-refractivity contribution >= 4 is 15.9 Å². The van der Waals surface area contributed by atoms with Crippen LogP contribution in [0.2, 0.25) is 0 Å². The second kappa shape index (κ2) is 5.76. The van der Waals surface area contributed by atoms with E-state index in [9.17, 15) is 8.42 Å². The average Bonchev–Trinajstić information content (AvgIpc) is 2.86. The molecule has 21 heavy (non-hydrogen) atoms. The third-order valence-corrected chi connectivity index (χ3v) is 5.86. The fourth-order valence-corrected chi connectivity index (χ4v) is 4.28. The third-order valence-electron chi connectivity index (χ3n) is 4.37. The van der Waals surface area contributed by atoms with E-state index < -0.39 is 15.6 Å². The smallest absolute Gasteiger partial charge is 0.244 e. The first-order valence-electron chi connectivity index (χ1n) is 7.16. The van der Waals surface area contributed by atoms with Crippen molar-refractivity contribution in [3.63, 3.8) is 0 Å². The van der Waals surface area contributed by atoms with Crippen LogP contribution in [0.15, 0.2) is 17.3 Å². The molecule has 0 aliphatic heterocycles. The van der Waals surface area contributed by atoms with Crippen LogP contribution in [0.1, 0.15) is 39.0 Å². The van der Waals surface area contributed by atoms with Crippen molar-refractivity contribution in [3.05, 3.63) is 12.4 Å². The van der Waals surface area contributed by atoms with Crippen molar-refractivity contribution in [2.24, 2.45) is 18.7 Å². The predicted molar refractivity (Wildman–Crippen MR) is 80.4 cm³/mol. The molecule has 2 rings (SSSR count). The Morgan fingerprint density at radius 1 is 1.57 bits per heavy atom. The molecule has 0 unspecified atom stereocenters. The van der Waals surface area contributed by atoms with E-state index >= 15 is 0 Å². The average molecular weight is 313 g/mol. The molecule has 1 aromatic rings. The van der Waals surface area contributed by atoms with E-state index in [0.717, 1.165) is 19.3 Å². The maximum Gasteiger partial charge on any atom is 0.244 e. The van der Waals surface area contributed by atoms with E-state index in [2.05, 4.69) is 16.7 Å². The number of nitrogens with zero attached hydrogens (tertiary/aromatic N) is 2. The lowest BCUT2D eigenvalue weighted by molar-refractivity contribution is 0.266. The van der Waals surface area contributed by atoms with Gasteiger partial charge in [0, 0.05) is 13.2 Å². The molecule has 0 amide bonds. The number of hydrogen-bond donors (Lipinski definition) is 3. The van der Waals surface area contributed by atoms with Gasteiger partial charge in [0.1, 0.15) is 10.7 Å². The number of amidine groups is 1. The summed E-state index contributed by atoms with van der Waals surface area (Å²) in [5.74, 6) is 0.477. The van der Waals surface area contributed by atoms with Gasteiger partial charge in [0.2, 0.25) is 10.0 Å². The van der Waals surface area contributed by atoms with Gasteiger partial charge in [-0.15, -0.1) is 0 Å². The summed E-state index contributed by atoms with van der Waals surface area (Å²) in [7, 11) is -2.06. The molecule has 0 bridgehead atoms. The van der Waals surface area contributed by atoms with Crippen LogP contribution in [-0.2, 0) is 17.1 Å². The minimum absolute atomic E-state index is 0.100. The van der Waals surface area contributed by atoms with E-state index in [1.54, 1.807) is 7.05 Å². The molecule has 0 spiro atoms. The van der Waals surface area contributed by atoms with Crippen molar-refractivity contribution < 1.29 is 8.42 Å². The van der Waals surface area contributed by atoms with Crippen molar-refractivity contribution in [3.8, 4) is 0 Å². The third kappa shape index (κ3) is 3.26. The Morgan fingerprint density at radius 2 is 2.19 bits per heavy atom. The molecule has 118 valence electrons. The summed E-state index contributed by atoms with van der Waals surface area (Å²) >= 11 is 0. The fourth-order valence-electron chi connectivity index (χ4n) is 2.86. The zero-order valence-electron chi connectivity index (χ0n) is 12.5. The highest BCUT2D eigenvalue weighted by Gasteiger charge is 2.41. The maximum absolute atomic E-state index is 12.5. The summed E-state index contributed by atoms with van der Waals surface area (Å²) in [6.07, 6.45) is 6.71. The van der Waals surface area contributed by atoms with Crippen molar-refractivity contribution in [1.29, 1.82) is 5.41 Å². The summed E-state index contributed by atoms with van der Waals surface area (Å²) in [6.45, 7) is 2.13. The molecule has 1 aliphatic rings. The normalized spacial score (nSPS) is 26.7. The van der Waals surface area contributed by atoms with Gasteiger partial charge in [-0.25, -0.2) is 8.42 Å². The molecule has 0 atom stereocenters. The molecule has 0 radical (unpaired) electrons. The van der Waals surface area contributed by atoms with Gasteiger partial charge >= 0.3 is 0 Å². The number of aromatic nitrogens is 2. The van der Waals surface area contributed by atoms with Crippen LogP contribution in [0.4, 0.5) is 0 Å². The van der Waals surface area contributed by atoms with Crippen molar-refractivity contribution in [2.75, 3.05) is 0 Å². The molecule has 0 aromatic carbocycles. The lowest BCUT2D eigenvalue weighted by Gasteiger charge is -2.39. The van der Waals surface area contributed by atoms with Gasteiger partial charge in [0.15, 0.2) is 0 Å². The highest BCUT2D eigenvalue weighted by atomic mass is 32.2. The van der Waals surface area contributed by atoms with Gasteiger partial charge < -0.3 is 5.73 Å². The molecule has 1 saturated carbocycles. The SMILES string of the molecule is CCC1CCC(NS(=O)(=O)c2cnn(C)c2)(C(=N)N)CC1. The number of aryl methyl sites for hydroxylation is 1. The molecule has 7 nitrogen and oxygen atoms in total. The van der Waals surface area contributed by atoms with E-state index in [0.29, 0.717) is 18.8 Å². The molecular formula is C13H23N5O2S. The van der Waals surface area contributed by atoms with Gasteiger partial charge in [-0.1, -0.05) is 13.3 Å². The molecular weight excluding hydrogens is 290 g/mol. The molecule has 8 heteroatoms. The highest BCUT2D eigenvalue weighted by molar-refractivity contribution is 7.89. The van der Waals surface area contributed by atoms with Crippen LogP contribution in [0.5, 0.6) is 0 Å². The first kappa shape index (κ1) is 16.0. The van der Waals surface area contributed by atoms with Gasteiger partial charge in [-0.3, -0.25) is 10.1 Å². The summed E-state index contributed by atoms with van der Waals surface area (Å²) in [5.41, 5.74) is 4.76. The zero-order chi connectivity index (χ0) is 15.7. The first-order valence-corrected chi connectivity index (χ1v) is 8.64. The van der Waals surface area contributed by atoms with Gasteiger partial charge in [0.25, 0.3) is 0 Å². The maximum atomic E-state index is 12.5. The van der Waals surface area contributed by atoms with E-state index in [1.165, 1.54) is 17.1 Å². The zero-order valence-corrected chi connectivity index (χ0v) is 13.3. The van der Waals surface area contributed by atoms with Gasteiger partial charge in [-0.2, -0.15) is 9.82 Å². The molecule has 1 aliphatic carbocycles. The second-order valence-electron chi connectivity index (χ2n) is 5.80. The number of rotatable bonds is 5. The fraction of sp³-hybridized carbons (Fsp3) is 0.692. The number of nitrogens with two attached hydrogens (primary N) is 1. The Kier molecular flexibility index (Phi) is 4.38. The summed E-state index contributed by atoms with van der Waals surface area (Å²) in [6, 6.07) is 0. The van der Waals surface area contributed by atoms with Gasteiger partial charge in [0.05, 0.1) is 11.7 Å². The van der Waals surface area contributed by atoms with Crippen LogP contribution in [-0.4, -0.2) is 29.6 Å². The highest BCUT2D eigenvalue weighted by Crippen LogP contribution is 2.34. The van der Waals surface area contributed by atoms with E-state index in [1.807, 2.05) is 0 Å².